The maximum absolute atomic E-state index is 13.5. The van der Waals surface area contributed by atoms with Crippen LogP contribution in [0.1, 0.15) is 17.5 Å². The molecule has 2 amide bonds. The van der Waals surface area contributed by atoms with Crippen LogP contribution in [-0.2, 0) is 12.6 Å². The second kappa shape index (κ2) is 8.33. The number of aryl methyl sites for hydroxylation is 1. The number of nitrogens with zero attached hydrogens (tertiary/aromatic N) is 3. The third-order valence-corrected chi connectivity index (χ3v) is 4.81. The highest BCUT2D eigenvalue weighted by Gasteiger charge is 2.34. The highest BCUT2D eigenvalue weighted by molar-refractivity contribution is 6.02. The van der Waals surface area contributed by atoms with Crippen molar-refractivity contribution < 1.29 is 27.1 Å². The molecule has 3 aromatic rings. The predicted molar refractivity (Wildman–Crippen MR) is 109 cm³/mol. The van der Waals surface area contributed by atoms with Gasteiger partial charge in [-0.05, 0) is 54.8 Å². The molecule has 0 unspecified atom stereocenters. The Hall–Kier alpha value is -3.89. The number of hydrogen-bond donors (Lipinski definition) is 2. The quantitative estimate of drug-likeness (QED) is 0.552. The molecule has 0 bridgehead atoms. The van der Waals surface area contributed by atoms with Gasteiger partial charge in [0.1, 0.15) is 11.6 Å². The zero-order valence-corrected chi connectivity index (χ0v) is 16.5. The number of rotatable bonds is 3. The van der Waals surface area contributed by atoms with Crippen molar-refractivity contribution in [3.8, 4) is 11.6 Å². The van der Waals surface area contributed by atoms with E-state index in [1.807, 2.05) is 0 Å². The SMILES string of the molecule is Nc1nccc(Oc2ccc3c(c2)CCCN3C(=O)Nc2ccc(F)c(C(F)(F)F)c2)n1. The first-order valence-corrected chi connectivity index (χ1v) is 9.55. The van der Waals surface area contributed by atoms with E-state index in [9.17, 15) is 22.4 Å². The molecule has 0 saturated carbocycles. The average molecular weight is 447 g/mol. The number of nitrogens with one attached hydrogen (secondary N) is 1. The minimum atomic E-state index is -4.87. The van der Waals surface area contributed by atoms with Gasteiger partial charge in [-0.2, -0.15) is 18.2 Å². The number of aromatic nitrogens is 2. The fourth-order valence-electron chi connectivity index (χ4n) is 3.39. The number of carbonyl (C=O) groups excluding carboxylic acids is 1. The molecule has 2 aromatic carbocycles. The van der Waals surface area contributed by atoms with E-state index in [2.05, 4.69) is 15.3 Å². The fraction of sp³-hybridized carbons (Fsp3) is 0.190. The lowest BCUT2D eigenvalue weighted by Crippen LogP contribution is -2.38. The van der Waals surface area contributed by atoms with Crippen molar-refractivity contribution >= 4 is 23.4 Å². The molecule has 4 rings (SSSR count). The number of hydrogen-bond acceptors (Lipinski definition) is 5. The number of halogens is 4. The normalized spacial score (nSPS) is 13.4. The summed E-state index contributed by atoms with van der Waals surface area (Å²) in [6, 6.07) is 8.33. The van der Waals surface area contributed by atoms with Crippen molar-refractivity contribution in [2.75, 3.05) is 22.5 Å². The summed E-state index contributed by atoms with van der Waals surface area (Å²) >= 11 is 0. The number of urea groups is 1. The Morgan fingerprint density at radius 1 is 1.16 bits per heavy atom. The summed E-state index contributed by atoms with van der Waals surface area (Å²) in [7, 11) is 0. The van der Waals surface area contributed by atoms with E-state index in [1.165, 1.54) is 11.1 Å². The van der Waals surface area contributed by atoms with Gasteiger partial charge in [-0.3, -0.25) is 4.90 Å². The number of fused-ring (bicyclic) bond motifs is 1. The Labute approximate surface area is 179 Å². The highest BCUT2D eigenvalue weighted by Crippen LogP contribution is 2.34. The number of anilines is 3. The molecule has 166 valence electrons. The number of carbonyl (C=O) groups is 1. The standard InChI is InChI=1S/C21H17F4N5O2/c22-16-5-3-13(11-15(16)21(23,24)25)28-20(31)30-9-1-2-12-10-14(4-6-17(12)30)32-18-7-8-27-19(26)29-18/h3-8,10-11H,1-2,9H2,(H,28,31)(H2,26,27,29). The van der Waals surface area contributed by atoms with Gasteiger partial charge in [0, 0.05) is 30.2 Å². The van der Waals surface area contributed by atoms with Gasteiger partial charge in [-0.25, -0.2) is 14.2 Å². The minimum absolute atomic E-state index is 0.0674. The number of nitrogens with two attached hydrogens (primary N) is 1. The van der Waals surface area contributed by atoms with Gasteiger partial charge < -0.3 is 15.8 Å². The Morgan fingerprint density at radius 3 is 2.72 bits per heavy atom. The molecule has 0 saturated heterocycles. The average Bonchev–Trinajstić information content (AvgIpc) is 2.73. The summed E-state index contributed by atoms with van der Waals surface area (Å²) in [5.74, 6) is -0.591. The highest BCUT2D eigenvalue weighted by atomic mass is 19.4. The van der Waals surface area contributed by atoms with Crippen LogP contribution >= 0.6 is 0 Å². The van der Waals surface area contributed by atoms with E-state index in [0.29, 0.717) is 43.0 Å². The summed E-state index contributed by atoms with van der Waals surface area (Å²) in [6.07, 6.45) is -2.09. The van der Waals surface area contributed by atoms with Gasteiger partial charge >= 0.3 is 12.2 Å². The maximum Gasteiger partial charge on any atom is 0.419 e. The van der Waals surface area contributed by atoms with Crippen molar-refractivity contribution in [1.29, 1.82) is 0 Å². The van der Waals surface area contributed by atoms with Crippen LogP contribution in [0.5, 0.6) is 11.6 Å². The molecule has 1 aliphatic heterocycles. The van der Waals surface area contributed by atoms with E-state index in [1.54, 1.807) is 24.3 Å². The first kappa shape index (κ1) is 21.3. The van der Waals surface area contributed by atoms with Crippen LogP contribution in [0.3, 0.4) is 0 Å². The van der Waals surface area contributed by atoms with Crippen molar-refractivity contribution in [2.24, 2.45) is 0 Å². The second-order valence-corrected chi connectivity index (χ2v) is 7.02. The molecule has 0 fully saturated rings. The number of benzene rings is 2. The third-order valence-electron chi connectivity index (χ3n) is 4.81. The summed E-state index contributed by atoms with van der Waals surface area (Å²) in [6.45, 7) is 0.370. The summed E-state index contributed by atoms with van der Waals surface area (Å²) in [5, 5.41) is 2.41. The van der Waals surface area contributed by atoms with Crippen LogP contribution in [0, 0.1) is 5.82 Å². The van der Waals surface area contributed by atoms with Crippen LogP contribution in [-0.4, -0.2) is 22.5 Å². The van der Waals surface area contributed by atoms with Gasteiger partial charge in [0.15, 0.2) is 0 Å². The Kier molecular flexibility index (Phi) is 5.56. The van der Waals surface area contributed by atoms with E-state index in [4.69, 9.17) is 10.5 Å². The van der Waals surface area contributed by atoms with E-state index < -0.39 is 23.6 Å². The monoisotopic (exact) mass is 447 g/mol. The van der Waals surface area contributed by atoms with Gasteiger partial charge in [0.05, 0.1) is 5.56 Å². The van der Waals surface area contributed by atoms with Gasteiger partial charge in [0.25, 0.3) is 0 Å². The summed E-state index contributed by atoms with van der Waals surface area (Å²) in [4.78, 5) is 21.9. The van der Waals surface area contributed by atoms with Crippen LogP contribution in [0.25, 0.3) is 0 Å². The first-order valence-electron chi connectivity index (χ1n) is 9.55. The van der Waals surface area contributed by atoms with Crippen LogP contribution < -0.4 is 20.7 Å². The lowest BCUT2D eigenvalue weighted by molar-refractivity contribution is -0.139. The molecule has 1 aromatic heterocycles. The van der Waals surface area contributed by atoms with Crippen molar-refractivity contribution in [2.45, 2.75) is 19.0 Å². The Morgan fingerprint density at radius 2 is 1.97 bits per heavy atom. The first-order chi connectivity index (χ1) is 15.2. The number of nitrogen functional groups attached to an aromatic ring is 1. The molecule has 11 heteroatoms. The van der Waals surface area contributed by atoms with Crippen molar-refractivity contribution in [3.63, 3.8) is 0 Å². The Balaban J connectivity index is 1.53. The van der Waals surface area contributed by atoms with Crippen molar-refractivity contribution in [3.05, 3.63) is 65.6 Å². The molecule has 0 spiro atoms. The Bertz CT molecular complexity index is 1170. The second-order valence-electron chi connectivity index (χ2n) is 7.02. The third kappa shape index (κ3) is 4.56. The summed E-state index contributed by atoms with van der Waals surface area (Å²) < 4.78 is 58.0. The zero-order valence-electron chi connectivity index (χ0n) is 16.5. The predicted octanol–water partition coefficient (Wildman–Crippen LogP) is 4.99. The smallest absolute Gasteiger partial charge is 0.419 e. The lowest BCUT2D eigenvalue weighted by Gasteiger charge is -2.30. The molecule has 2 heterocycles. The number of ether oxygens (including phenoxy) is 1. The molecule has 1 aliphatic rings. The molecule has 32 heavy (non-hydrogen) atoms. The van der Waals surface area contributed by atoms with Crippen LogP contribution in [0.2, 0.25) is 0 Å². The number of amides is 2. The topological polar surface area (TPSA) is 93.4 Å². The van der Waals surface area contributed by atoms with Gasteiger partial charge in [-0.1, -0.05) is 0 Å². The number of alkyl halides is 3. The minimum Gasteiger partial charge on any atom is -0.439 e. The van der Waals surface area contributed by atoms with Crippen LogP contribution in [0.4, 0.5) is 39.7 Å². The van der Waals surface area contributed by atoms with Crippen molar-refractivity contribution in [1.82, 2.24) is 9.97 Å². The van der Waals surface area contributed by atoms with E-state index in [-0.39, 0.29) is 17.5 Å². The molecule has 0 radical (unpaired) electrons. The van der Waals surface area contributed by atoms with Gasteiger partial charge in [0.2, 0.25) is 11.8 Å². The molecular formula is C21H17F4N5O2. The van der Waals surface area contributed by atoms with Gasteiger partial charge in [-0.15, -0.1) is 0 Å². The maximum atomic E-state index is 13.5. The van der Waals surface area contributed by atoms with E-state index in [0.717, 1.165) is 11.6 Å². The molecule has 0 atom stereocenters. The molecule has 0 aliphatic carbocycles. The van der Waals surface area contributed by atoms with Crippen LogP contribution in [0.15, 0.2) is 48.7 Å². The lowest BCUT2D eigenvalue weighted by atomic mass is 10.0. The van der Waals surface area contributed by atoms with E-state index >= 15 is 0 Å². The molecular weight excluding hydrogens is 430 g/mol. The zero-order chi connectivity index (χ0) is 22.9. The molecule has 3 N–H and O–H groups in total. The summed E-state index contributed by atoms with van der Waals surface area (Å²) in [5.41, 5.74) is 5.36. The largest absolute Gasteiger partial charge is 0.439 e. The molecule has 7 nitrogen and oxygen atoms in total. The fourth-order valence-corrected chi connectivity index (χ4v) is 3.39.